The fourth-order valence-electron chi connectivity index (χ4n) is 2.03. The van der Waals surface area contributed by atoms with Crippen LogP contribution in [0.2, 0.25) is 0 Å². The van der Waals surface area contributed by atoms with Crippen LogP contribution in [0.15, 0.2) is 21.7 Å². The molecule has 88 valence electrons. The number of ketones is 1. The number of hydrogen-bond acceptors (Lipinski definition) is 2. The molecule has 0 saturated carbocycles. The number of nitrogens with zero attached hydrogens (tertiary/aromatic N) is 3. The molecule has 0 saturated heterocycles. The van der Waals surface area contributed by atoms with Crippen LogP contribution in [0.4, 0.5) is 4.39 Å². The van der Waals surface area contributed by atoms with Crippen LogP contribution in [0.3, 0.4) is 0 Å². The molecule has 0 N–H and O–H groups in total. The minimum atomic E-state index is -0.675. The smallest absolute Gasteiger partial charge is 0.146 e. The highest BCUT2D eigenvalue weighted by atomic mass is 79.9. The highest BCUT2D eigenvalue weighted by molar-refractivity contribution is 9.10. The highest BCUT2D eigenvalue weighted by Gasteiger charge is 2.24. The van der Waals surface area contributed by atoms with Crippen molar-refractivity contribution in [3.63, 3.8) is 0 Å². The van der Waals surface area contributed by atoms with Crippen LogP contribution in [-0.4, -0.2) is 11.8 Å². The summed E-state index contributed by atoms with van der Waals surface area (Å²) >= 11 is 3.20. The van der Waals surface area contributed by atoms with Crippen LogP contribution < -0.4 is 0 Å². The van der Waals surface area contributed by atoms with Crippen molar-refractivity contribution in [1.29, 1.82) is 0 Å². The van der Waals surface area contributed by atoms with Crippen molar-refractivity contribution < 1.29 is 9.18 Å². The maximum Gasteiger partial charge on any atom is 0.146 e. The van der Waals surface area contributed by atoms with Crippen LogP contribution in [0.25, 0.3) is 10.4 Å². The van der Waals surface area contributed by atoms with Gasteiger partial charge in [-0.2, -0.15) is 0 Å². The number of azide groups is 1. The molecule has 1 aromatic rings. The average Bonchev–Trinajstić information content (AvgIpc) is 2.39. The molecule has 0 spiro atoms. The van der Waals surface area contributed by atoms with Gasteiger partial charge in [-0.25, -0.2) is 4.39 Å². The summed E-state index contributed by atoms with van der Waals surface area (Å²) in [6.45, 7) is 0. The molecule has 2 rings (SSSR count). The summed E-state index contributed by atoms with van der Waals surface area (Å²) in [6.07, 6.45) is 0.910. The SMILES string of the molecule is [N-]=[N+]=NC1CCc2c(F)cc(Br)cc2CC1=O. The van der Waals surface area contributed by atoms with Crippen LogP contribution >= 0.6 is 15.9 Å². The second kappa shape index (κ2) is 4.85. The van der Waals surface area contributed by atoms with E-state index in [0.717, 1.165) is 0 Å². The van der Waals surface area contributed by atoms with Crippen molar-refractivity contribution in [2.24, 2.45) is 5.11 Å². The molecule has 1 aliphatic rings. The summed E-state index contributed by atoms with van der Waals surface area (Å²) in [5.41, 5.74) is 9.60. The number of fused-ring (bicyclic) bond motifs is 1. The van der Waals surface area contributed by atoms with Crippen molar-refractivity contribution in [3.05, 3.63) is 44.0 Å². The zero-order valence-electron chi connectivity index (χ0n) is 8.86. The van der Waals surface area contributed by atoms with E-state index >= 15 is 0 Å². The Balaban J connectivity index is 2.41. The van der Waals surface area contributed by atoms with Crippen molar-refractivity contribution in [3.8, 4) is 0 Å². The lowest BCUT2D eigenvalue weighted by Crippen LogP contribution is -2.18. The van der Waals surface area contributed by atoms with E-state index in [1.807, 2.05) is 0 Å². The number of halogens is 2. The minimum absolute atomic E-state index is 0.120. The second-order valence-corrected chi connectivity index (χ2v) is 4.84. The van der Waals surface area contributed by atoms with Crippen LogP contribution in [0.5, 0.6) is 0 Å². The van der Waals surface area contributed by atoms with E-state index in [4.69, 9.17) is 5.53 Å². The van der Waals surface area contributed by atoms with Crippen molar-refractivity contribution in [2.75, 3.05) is 0 Å². The van der Waals surface area contributed by atoms with Crippen LogP contribution in [-0.2, 0) is 17.6 Å². The fraction of sp³-hybridized carbons (Fsp3) is 0.364. The number of rotatable bonds is 1. The predicted octanol–water partition coefficient (Wildman–Crippen LogP) is 3.32. The predicted molar refractivity (Wildman–Crippen MR) is 64.1 cm³/mol. The Hall–Kier alpha value is -1.39. The van der Waals surface area contributed by atoms with E-state index < -0.39 is 6.04 Å². The molecule has 6 heteroatoms. The molecule has 0 amide bonds. The van der Waals surface area contributed by atoms with Gasteiger partial charge in [0.05, 0.1) is 6.04 Å². The summed E-state index contributed by atoms with van der Waals surface area (Å²) in [7, 11) is 0. The molecule has 1 unspecified atom stereocenters. The zero-order chi connectivity index (χ0) is 12.4. The van der Waals surface area contributed by atoms with E-state index in [-0.39, 0.29) is 18.0 Å². The first-order valence-electron chi connectivity index (χ1n) is 5.15. The second-order valence-electron chi connectivity index (χ2n) is 3.93. The summed E-state index contributed by atoms with van der Waals surface area (Å²) in [6, 6.07) is 2.46. The van der Waals surface area contributed by atoms with Gasteiger partial charge in [0.2, 0.25) is 0 Å². The first-order chi connectivity index (χ1) is 8.11. The van der Waals surface area contributed by atoms with E-state index in [9.17, 15) is 9.18 Å². The first kappa shape index (κ1) is 12.1. The Kier molecular flexibility index (Phi) is 3.45. The molecular weight excluding hydrogens is 289 g/mol. The Bertz CT molecular complexity index is 526. The van der Waals surface area contributed by atoms with E-state index in [0.29, 0.717) is 28.4 Å². The normalized spacial score (nSPS) is 19.2. The standard InChI is InChI=1S/C11H9BrFN3O/c12-7-3-6-4-11(17)10(15-16-14)2-1-8(6)9(13)5-7/h3,5,10H,1-2,4H2. The van der Waals surface area contributed by atoms with Gasteiger partial charge in [0.15, 0.2) is 0 Å². The summed E-state index contributed by atoms with van der Waals surface area (Å²) < 4.78 is 14.3. The third-order valence-corrected chi connectivity index (χ3v) is 3.31. The molecule has 1 aliphatic carbocycles. The quantitative estimate of drug-likeness (QED) is 0.339. The molecule has 0 aromatic heterocycles. The van der Waals surface area contributed by atoms with Gasteiger partial charge in [-0.3, -0.25) is 4.79 Å². The molecule has 1 aromatic carbocycles. The topological polar surface area (TPSA) is 65.8 Å². The van der Waals surface area contributed by atoms with Gasteiger partial charge in [-0.05, 0) is 41.6 Å². The molecule has 1 atom stereocenters. The van der Waals surface area contributed by atoms with Crippen molar-refractivity contribution >= 4 is 21.7 Å². The third-order valence-electron chi connectivity index (χ3n) is 2.85. The summed E-state index contributed by atoms with van der Waals surface area (Å²) in [5.74, 6) is -0.470. The molecule has 4 nitrogen and oxygen atoms in total. The summed E-state index contributed by atoms with van der Waals surface area (Å²) in [5, 5.41) is 3.46. The maximum absolute atomic E-state index is 13.7. The monoisotopic (exact) mass is 297 g/mol. The highest BCUT2D eigenvalue weighted by Crippen LogP contribution is 2.26. The zero-order valence-corrected chi connectivity index (χ0v) is 10.4. The Labute approximate surface area is 106 Å². The van der Waals surface area contributed by atoms with Crippen LogP contribution in [0, 0.1) is 5.82 Å². The van der Waals surface area contributed by atoms with E-state index in [1.165, 1.54) is 6.07 Å². The third kappa shape index (κ3) is 2.48. The molecule has 0 bridgehead atoms. The minimum Gasteiger partial charge on any atom is -0.299 e. The van der Waals surface area contributed by atoms with Gasteiger partial charge in [-0.1, -0.05) is 21.0 Å². The number of carbonyl (C=O) groups excluding carboxylic acids is 1. The number of Topliss-reactive ketones (excluding diaryl/α,β-unsaturated/α-hetero) is 1. The van der Waals surface area contributed by atoms with Crippen molar-refractivity contribution in [1.82, 2.24) is 0 Å². The van der Waals surface area contributed by atoms with Gasteiger partial charge in [-0.15, -0.1) is 0 Å². The van der Waals surface area contributed by atoms with Gasteiger partial charge >= 0.3 is 0 Å². The number of carbonyl (C=O) groups is 1. The average molecular weight is 298 g/mol. The molecule has 17 heavy (non-hydrogen) atoms. The first-order valence-corrected chi connectivity index (χ1v) is 5.95. The molecule has 0 heterocycles. The Morgan fingerprint density at radius 2 is 2.29 bits per heavy atom. The molecule has 0 aliphatic heterocycles. The van der Waals surface area contributed by atoms with Crippen LogP contribution in [0.1, 0.15) is 17.5 Å². The lowest BCUT2D eigenvalue weighted by Gasteiger charge is -2.06. The summed E-state index contributed by atoms with van der Waals surface area (Å²) in [4.78, 5) is 14.4. The van der Waals surface area contributed by atoms with Crippen molar-refractivity contribution in [2.45, 2.75) is 25.3 Å². The lowest BCUT2D eigenvalue weighted by atomic mass is 10.0. The number of benzene rings is 1. The Morgan fingerprint density at radius 3 is 3.00 bits per heavy atom. The molecule has 0 radical (unpaired) electrons. The number of hydrogen-bond donors (Lipinski definition) is 0. The molecule has 0 fully saturated rings. The van der Waals surface area contributed by atoms with E-state index in [1.54, 1.807) is 6.07 Å². The van der Waals surface area contributed by atoms with E-state index in [2.05, 4.69) is 26.0 Å². The van der Waals surface area contributed by atoms with Gasteiger partial charge in [0.25, 0.3) is 0 Å². The van der Waals surface area contributed by atoms with Gasteiger partial charge < -0.3 is 0 Å². The van der Waals surface area contributed by atoms with Gasteiger partial charge in [0.1, 0.15) is 11.6 Å². The maximum atomic E-state index is 13.7. The largest absolute Gasteiger partial charge is 0.299 e. The Morgan fingerprint density at radius 1 is 1.53 bits per heavy atom. The molecular formula is C11H9BrFN3O. The lowest BCUT2D eigenvalue weighted by molar-refractivity contribution is -0.119. The van der Waals surface area contributed by atoms with Gasteiger partial charge in [0, 0.05) is 15.8 Å². The fourth-order valence-corrected chi connectivity index (χ4v) is 2.50.